The number of hydrogen-bond donors (Lipinski definition) is 3. The van der Waals surface area contributed by atoms with E-state index in [9.17, 15) is 27.6 Å². The maximum atomic E-state index is 14.9. The van der Waals surface area contributed by atoms with Crippen molar-refractivity contribution in [3.63, 3.8) is 0 Å². The third-order valence-electron chi connectivity index (χ3n) is 11.8. The average Bonchev–Trinajstić information content (AvgIpc) is 4.05. The van der Waals surface area contributed by atoms with Crippen LogP contribution < -0.4 is 15.4 Å². The average molecular weight is 814 g/mol. The van der Waals surface area contributed by atoms with Crippen LogP contribution in [0.1, 0.15) is 97.6 Å². The van der Waals surface area contributed by atoms with Crippen molar-refractivity contribution in [3.05, 3.63) is 72.8 Å². The Kier molecular flexibility index (Phi) is 11.1. The molecule has 4 aliphatic rings. The number of rotatable bonds is 7. The molecule has 4 amide bonds. The Morgan fingerprint density at radius 1 is 0.983 bits per heavy atom. The fraction of sp³-hybridized carbons (Fsp3) is 0.535. The summed E-state index contributed by atoms with van der Waals surface area (Å²) >= 11 is 0. The first-order chi connectivity index (χ1) is 27.4. The van der Waals surface area contributed by atoms with Gasteiger partial charge in [-0.15, -0.1) is 6.58 Å². The van der Waals surface area contributed by atoms with Gasteiger partial charge in [0.25, 0.3) is 5.91 Å². The molecule has 14 nitrogen and oxygen atoms in total. The highest BCUT2D eigenvalue weighted by Gasteiger charge is 2.62. The third kappa shape index (κ3) is 8.69. The summed E-state index contributed by atoms with van der Waals surface area (Å²) in [6, 6.07) is 15.1. The molecule has 310 valence electrons. The molecule has 7 rings (SSSR count). The first-order valence-corrected chi connectivity index (χ1v) is 21.9. The predicted octanol–water partition coefficient (Wildman–Crippen LogP) is 5.46. The highest BCUT2D eigenvalue weighted by atomic mass is 32.2. The normalized spacial score (nSPS) is 26.5. The largest absolute Gasteiger partial charge is 0.444 e. The van der Waals surface area contributed by atoms with Crippen molar-refractivity contribution in [3.8, 4) is 22.5 Å². The van der Waals surface area contributed by atoms with Crippen molar-refractivity contribution < 1.29 is 32.3 Å². The number of hydrogen-bond acceptors (Lipinski definition) is 9. The van der Waals surface area contributed by atoms with Crippen LogP contribution in [0.4, 0.5) is 4.79 Å². The summed E-state index contributed by atoms with van der Waals surface area (Å²) in [6.07, 6.45) is 6.10. The summed E-state index contributed by atoms with van der Waals surface area (Å²) < 4.78 is 33.8. The van der Waals surface area contributed by atoms with Crippen LogP contribution in [-0.2, 0) is 35.6 Å². The predicted molar refractivity (Wildman–Crippen MR) is 218 cm³/mol. The number of aromatic nitrogens is 3. The topological polar surface area (TPSA) is 182 Å². The number of amides is 4. The van der Waals surface area contributed by atoms with E-state index in [1.165, 1.54) is 11.0 Å². The van der Waals surface area contributed by atoms with Crippen molar-refractivity contribution in [1.29, 1.82) is 0 Å². The fourth-order valence-electron chi connectivity index (χ4n) is 8.16. The Labute approximate surface area is 340 Å². The van der Waals surface area contributed by atoms with Gasteiger partial charge in [-0.05, 0) is 75.8 Å². The zero-order valence-electron chi connectivity index (χ0n) is 34.0. The van der Waals surface area contributed by atoms with Gasteiger partial charge in [0.05, 0.1) is 11.3 Å². The minimum atomic E-state index is -3.91. The molecule has 3 fully saturated rings. The van der Waals surface area contributed by atoms with Gasteiger partial charge in [0.15, 0.2) is 0 Å². The Bertz CT molecular complexity index is 2190. The molecule has 0 unspecified atom stereocenters. The number of carbonyl (C=O) groups excluding carboxylic acids is 4. The molecule has 3 N–H and O–H groups in total. The Hall–Kier alpha value is -5.05. The lowest BCUT2D eigenvalue weighted by Gasteiger charge is -2.36. The summed E-state index contributed by atoms with van der Waals surface area (Å²) in [5, 5.41) is 15.1. The Morgan fingerprint density at radius 2 is 1.67 bits per heavy atom. The van der Waals surface area contributed by atoms with Gasteiger partial charge in [0.2, 0.25) is 21.8 Å². The number of cyclic esters (lactones) is 1. The fourth-order valence-corrected chi connectivity index (χ4v) is 9.52. The second-order valence-corrected chi connectivity index (χ2v) is 20.0. The molecule has 1 saturated heterocycles. The molecule has 2 saturated carbocycles. The van der Waals surface area contributed by atoms with E-state index in [0.717, 1.165) is 42.4 Å². The lowest BCUT2D eigenvalue weighted by molar-refractivity contribution is -0.143. The van der Waals surface area contributed by atoms with Crippen molar-refractivity contribution in [2.24, 2.45) is 11.3 Å². The molecule has 15 heteroatoms. The Morgan fingerprint density at radius 3 is 2.33 bits per heavy atom. The number of sulfonamides is 1. The van der Waals surface area contributed by atoms with Crippen LogP contribution in [0.2, 0.25) is 0 Å². The van der Waals surface area contributed by atoms with Gasteiger partial charge in [-0.2, -0.15) is 15.0 Å². The summed E-state index contributed by atoms with van der Waals surface area (Å²) in [5.74, 6) is -2.52. The van der Waals surface area contributed by atoms with Gasteiger partial charge >= 0.3 is 6.09 Å². The standard InChI is InChI=1S/C43H55N7O7S/c1-7-30-25-43(30,39(53)48-58(55,56)32-20-21-32)45-37(51)33-24-31-26-49(33)38(52)36(41(2,3)4)44-40(54)57-42(5,6)22-13-9-10-15-27-16-14-19-29(23-27)35-34(46-50(31)47-35)28-17-11-8-12-18-28/h7-8,11-12,14,16-19,23,30-33,36H,1,9-10,13,15,20-22,24-26H2,2-6H3,(H,44,54)(H,45,51)(H,48,53)/t30-,31-,33+,36-,43-/m1/s1. The lowest BCUT2D eigenvalue weighted by atomic mass is 9.85. The van der Waals surface area contributed by atoms with E-state index >= 15 is 0 Å². The van der Waals surface area contributed by atoms with Crippen LogP contribution in [0.25, 0.3) is 22.5 Å². The second kappa shape index (κ2) is 15.6. The van der Waals surface area contributed by atoms with Crippen molar-refractivity contribution in [1.82, 2.24) is 35.2 Å². The molecule has 3 aromatic rings. The van der Waals surface area contributed by atoms with Crippen LogP contribution in [0, 0.1) is 11.3 Å². The zero-order valence-corrected chi connectivity index (χ0v) is 34.8. The molecule has 1 aromatic heterocycles. The number of nitrogens with one attached hydrogen (secondary N) is 3. The van der Waals surface area contributed by atoms with E-state index in [1.54, 1.807) is 4.80 Å². The molecule has 2 aliphatic carbocycles. The molecular weight excluding hydrogens is 759 g/mol. The van der Waals surface area contributed by atoms with Crippen molar-refractivity contribution in [2.45, 2.75) is 127 Å². The summed E-state index contributed by atoms with van der Waals surface area (Å²) in [5.41, 5.74) is 1.02. The minimum Gasteiger partial charge on any atom is -0.444 e. The van der Waals surface area contributed by atoms with Gasteiger partial charge in [-0.25, -0.2) is 13.2 Å². The Balaban J connectivity index is 1.28. The van der Waals surface area contributed by atoms with E-state index in [4.69, 9.17) is 14.9 Å². The number of aryl methyl sites for hydroxylation is 1. The molecular formula is C43H55N7O7S. The number of nitrogens with zero attached hydrogens (tertiary/aromatic N) is 4. The number of carbonyl (C=O) groups is 4. The maximum Gasteiger partial charge on any atom is 0.408 e. The molecule has 2 aromatic carbocycles. The molecule has 0 spiro atoms. The van der Waals surface area contributed by atoms with Crippen molar-refractivity contribution >= 4 is 33.8 Å². The molecule has 58 heavy (non-hydrogen) atoms. The van der Waals surface area contributed by atoms with Gasteiger partial charge in [0, 0.05) is 30.0 Å². The third-order valence-corrected chi connectivity index (χ3v) is 13.6. The monoisotopic (exact) mass is 813 g/mol. The maximum absolute atomic E-state index is 14.9. The van der Waals surface area contributed by atoms with Crippen molar-refractivity contribution in [2.75, 3.05) is 6.54 Å². The van der Waals surface area contributed by atoms with Gasteiger partial charge in [0.1, 0.15) is 34.6 Å². The van der Waals surface area contributed by atoms with Gasteiger partial charge in [-0.1, -0.05) is 81.8 Å². The lowest BCUT2D eigenvalue weighted by Crippen LogP contribution is -2.60. The number of ether oxygens (including phenoxy) is 1. The van der Waals surface area contributed by atoms with Crippen LogP contribution in [0.5, 0.6) is 0 Å². The molecule has 3 heterocycles. The first-order valence-electron chi connectivity index (χ1n) is 20.3. The van der Waals surface area contributed by atoms with E-state index in [2.05, 4.69) is 34.1 Å². The zero-order chi connectivity index (χ0) is 41.6. The second-order valence-electron chi connectivity index (χ2n) is 18.0. The van der Waals surface area contributed by atoms with E-state index in [0.29, 0.717) is 30.7 Å². The highest BCUT2D eigenvalue weighted by molar-refractivity contribution is 7.91. The summed E-state index contributed by atoms with van der Waals surface area (Å²) in [6.45, 7) is 13.0. The number of fused-ring (bicyclic) bond motifs is 8. The van der Waals surface area contributed by atoms with E-state index < -0.39 is 79.7 Å². The number of alkyl carbamates (subject to hydrolysis) is 1. The SMILES string of the molecule is C=C[C@@H]1C[C@]1(NC(=O)[C@@H]1C[C@@H]2CN1C(=O)[C@H](C(C)(C)C)NC(=O)OC(C)(C)CCCCCc1cccc(c1)-c1nn2nc1-c1ccccc1)C(=O)NS(=O)(=O)C1CC1. The van der Waals surface area contributed by atoms with E-state index in [-0.39, 0.29) is 19.4 Å². The first kappa shape index (κ1) is 41.1. The van der Waals surface area contributed by atoms with Gasteiger partial charge < -0.3 is 20.3 Å². The molecule has 6 bridgehead atoms. The molecule has 0 radical (unpaired) electrons. The number of benzene rings is 2. The van der Waals surface area contributed by atoms with Crippen LogP contribution >= 0.6 is 0 Å². The summed E-state index contributed by atoms with van der Waals surface area (Å²) in [4.78, 5) is 59.7. The van der Waals surface area contributed by atoms with Crippen LogP contribution in [0.3, 0.4) is 0 Å². The smallest absolute Gasteiger partial charge is 0.408 e. The minimum absolute atomic E-state index is 0.00819. The summed E-state index contributed by atoms with van der Waals surface area (Å²) in [7, 11) is -3.91. The molecule has 2 aliphatic heterocycles. The van der Waals surface area contributed by atoms with Gasteiger partial charge in [-0.3, -0.25) is 19.1 Å². The molecule has 5 atom stereocenters. The van der Waals surface area contributed by atoms with Crippen LogP contribution in [-0.4, -0.2) is 87.1 Å². The quantitative estimate of drug-likeness (QED) is 0.261. The highest BCUT2D eigenvalue weighted by Crippen LogP contribution is 2.46. The van der Waals surface area contributed by atoms with Crippen LogP contribution in [0.15, 0.2) is 67.3 Å². The van der Waals surface area contributed by atoms with E-state index in [1.807, 2.05) is 77.1 Å².